The summed E-state index contributed by atoms with van der Waals surface area (Å²) in [6, 6.07) is 8.86. The summed E-state index contributed by atoms with van der Waals surface area (Å²) in [5.74, 6) is -0.498. The molecule has 7 heteroatoms. The molecule has 0 atom stereocenters. The minimum absolute atomic E-state index is 0.216. The number of rotatable bonds is 2. The maximum absolute atomic E-state index is 11.7. The van der Waals surface area contributed by atoms with E-state index in [0.29, 0.717) is 21.6 Å². The summed E-state index contributed by atoms with van der Waals surface area (Å²) in [6.07, 6.45) is 1.68. The molecule has 0 spiro atoms. The van der Waals surface area contributed by atoms with Crippen LogP contribution in [0.4, 0.5) is 0 Å². The van der Waals surface area contributed by atoms with Gasteiger partial charge in [0.05, 0.1) is 18.5 Å². The molecule has 0 unspecified atom stereocenters. The van der Waals surface area contributed by atoms with Crippen LogP contribution in [0.1, 0.15) is 10.5 Å². The molecular formula is C13H9BrN4O2. The van der Waals surface area contributed by atoms with E-state index in [9.17, 15) is 4.79 Å². The minimum Gasteiger partial charge on any atom is -0.464 e. The second-order valence-corrected chi connectivity index (χ2v) is 4.78. The van der Waals surface area contributed by atoms with E-state index in [1.807, 2.05) is 18.2 Å². The summed E-state index contributed by atoms with van der Waals surface area (Å²) in [5, 5.41) is 4.29. The van der Waals surface area contributed by atoms with Crippen LogP contribution in [0.2, 0.25) is 0 Å². The van der Waals surface area contributed by atoms with E-state index < -0.39 is 5.97 Å². The Balaban J connectivity index is 2.30. The molecule has 0 amide bonds. The fraction of sp³-hybridized carbons (Fsp3) is 0.0769. The van der Waals surface area contributed by atoms with Crippen molar-refractivity contribution >= 4 is 27.5 Å². The zero-order valence-electron chi connectivity index (χ0n) is 10.4. The zero-order chi connectivity index (χ0) is 14.1. The molecule has 0 bridgehead atoms. The number of carbonyl (C=O) groups is 1. The van der Waals surface area contributed by atoms with Crippen LogP contribution in [0.3, 0.4) is 0 Å². The second-order valence-electron chi connectivity index (χ2n) is 3.97. The van der Waals surface area contributed by atoms with E-state index >= 15 is 0 Å². The van der Waals surface area contributed by atoms with Gasteiger partial charge in [0.15, 0.2) is 11.3 Å². The van der Waals surface area contributed by atoms with E-state index in [4.69, 9.17) is 4.74 Å². The number of hydrogen-bond donors (Lipinski definition) is 0. The number of hydrogen-bond acceptors (Lipinski definition) is 5. The lowest BCUT2D eigenvalue weighted by Crippen LogP contribution is -2.08. The fourth-order valence-electron chi connectivity index (χ4n) is 1.85. The monoisotopic (exact) mass is 332 g/mol. The van der Waals surface area contributed by atoms with Crippen molar-refractivity contribution in [3.63, 3.8) is 0 Å². The van der Waals surface area contributed by atoms with Gasteiger partial charge in [-0.1, -0.05) is 6.07 Å². The van der Waals surface area contributed by atoms with Gasteiger partial charge >= 0.3 is 5.97 Å². The van der Waals surface area contributed by atoms with Gasteiger partial charge in [-0.3, -0.25) is 4.98 Å². The van der Waals surface area contributed by atoms with E-state index in [1.165, 1.54) is 7.11 Å². The van der Waals surface area contributed by atoms with Crippen molar-refractivity contribution in [2.45, 2.75) is 0 Å². The van der Waals surface area contributed by atoms with Gasteiger partial charge in [0.2, 0.25) is 0 Å². The van der Waals surface area contributed by atoms with Gasteiger partial charge < -0.3 is 4.74 Å². The summed E-state index contributed by atoms with van der Waals surface area (Å²) in [4.78, 5) is 20.2. The highest BCUT2D eigenvalue weighted by atomic mass is 79.9. The second kappa shape index (κ2) is 5.01. The molecule has 0 saturated carbocycles. The lowest BCUT2D eigenvalue weighted by molar-refractivity contribution is 0.0594. The number of aromatic nitrogens is 4. The number of carbonyl (C=O) groups excluding carboxylic acids is 1. The predicted molar refractivity (Wildman–Crippen MR) is 75.3 cm³/mol. The third kappa shape index (κ3) is 2.16. The molecule has 0 aliphatic heterocycles. The molecule has 0 N–H and O–H groups in total. The standard InChI is InChI=1S/C13H9BrN4O2/c1-20-13(19)9-6-10(8-4-2-3-5-15-8)18-12(16-9)7-11(14)17-18/h2-7H,1H3. The molecule has 3 aromatic heterocycles. The van der Waals surface area contributed by atoms with Crippen LogP contribution in [0.15, 0.2) is 41.1 Å². The van der Waals surface area contributed by atoms with Crippen LogP contribution >= 0.6 is 15.9 Å². The molecule has 0 fully saturated rings. The molecule has 0 aliphatic rings. The van der Waals surface area contributed by atoms with Gasteiger partial charge in [0.25, 0.3) is 0 Å². The van der Waals surface area contributed by atoms with Crippen LogP contribution < -0.4 is 0 Å². The molecule has 20 heavy (non-hydrogen) atoms. The third-order valence-electron chi connectivity index (χ3n) is 2.72. The highest BCUT2D eigenvalue weighted by Gasteiger charge is 2.15. The number of fused-ring (bicyclic) bond motifs is 1. The molecule has 0 aliphatic carbocycles. The van der Waals surface area contributed by atoms with Gasteiger partial charge in [0.1, 0.15) is 4.60 Å². The molecular weight excluding hydrogens is 324 g/mol. The van der Waals surface area contributed by atoms with Crippen LogP contribution in [0.25, 0.3) is 17.0 Å². The van der Waals surface area contributed by atoms with E-state index in [2.05, 4.69) is 31.0 Å². The van der Waals surface area contributed by atoms with Gasteiger partial charge in [0, 0.05) is 12.3 Å². The summed E-state index contributed by atoms with van der Waals surface area (Å²) in [5.41, 5.74) is 2.12. The number of halogens is 1. The average molecular weight is 333 g/mol. The van der Waals surface area contributed by atoms with Gasteiger partial charge in [-0.15, -0.1) is 0 Å². The Morgan fingerprint density at radius 3 is 2.90 bits per heavy atom. The summed E-state index contributed by atoms with van der Waals surface area (Å²) >= 11 is 3.30. The van der Waals surface area contributed by atoms with Crippen molar-refractivity contribution < 1.29 is 9.53 Å². The first-order valence-electron chi connectivity index (χ1n) is 5.75. The van der Waals surface area contributed by atoms with Gasteiger partial charge in [-0.2, -0.15) is 5.10 Å². The Bertz CT molecular complexity index is 786. The topological polar surface area (TPSA) is 69.4 Å². The van der Waals surface area contributed by atoms with Crippen molar-refractivity contribution in [3.8, 4) is 11.4 Å². The molecule has 3 aromatic rings. The van der Waals surface area contributed by atoms with Crippen LogP contribution in [-0.4, -0.2) is 32.7 Å². The number of pyridine rings is 1. The fourth-order valence-corrected chi connectivity index (χ4v) is 2.22. The smallest absolute Gasteiger partial charge is 0.356 e. The van der Waals surface area contributed by atoms with E-state index in [1.54, 1.807) is 22.8 Å². The maximum atomic E-state index is 11.7. The maximum Gasteiger partial charge on any atom is 0.356 e. The highest BCUT2D eigenvalue weighted by molar-refractivity contribution is 9.10. The SMILES string of the molecule is COC(=O)c1cc(-c2ccccn2)n2nc(Br)cc2n1. The Morgan fingerprint density at radius 1 is 1.35 bits per heavy atom. The Kier molecular flexibility index (Phi) is 3.19. The molecule has 3 heterocycles. The minimum atomic E-state index is -0.498. The molecule has 3 rings (SSSR count). The number of esters is 1. The predicted octanol–water partition coefficient (Wildman–Crippen LogP) is 2.34. The van der Waals surface area contributed by atoms with Crippen LogP contribution in [-0.2, 0) is 4.74 Å². The van der Waals surface area contributed by atoms with Crippen LogP contribution in [0.5, 0.6) is 0 Å². The largest absolute Gasteiger partial charge is 0.464 e. The normalized spacial score (nSPS) is 10.7. The highest BCUT2D eigenvalue weighted by Crippen LogP contribution is 2.21. The van der Waals surface area contributed by atoms with Crippen molar-refractivity contribution in [2.24, 2.45) is 0 Å². The van der Waals surface area contributed by atoms with Crippen molar-refractivity contribution in [3.05, 3.63) is 46.8 Å². The quantitative estimate of drug-likeness (QED) is 0.673. The molecule has 100 valence electrons. The number of methoxy groups -OCH3 is 1. The average Bonchev–Trinajstić information content (AvgIpc) is 2.86. The van der Waals surface area contributed by atoms with Crippen molar-refractivity contribution in [2.75, 3.05) is 7.11 Å². The summed E-state index contributed by atoms with van der Waals surface area (Å²) < 4.78 is 6.97. The molecule has 0 radical (unpaired) electrons. The van der Waals surface area contributed by atoms with Gasteiger partial charge in [-0.05, 0) is 34.1 Å². The summed E-state index contributed by atoms with van der Waals surface area (Å²) in [6.45, 7) is 0. The zero-order valence-corrected chi connectivity index (χ0v) is 12.0. The van der Waals surface area contributed by atoms with E-state index in [0.717, 1.165) is 0 Å². The van der Waals surface area contributed by atoms with Crippen molar-refractivity contribution in [1.82, 2.24) is 19.6 Å². The molecule has 6 nitrogen and oxygen atoms in total. The van der Waals surface area contributed by atoms with Gasteiger partial charge in [-0.25, -0.2) is 14.3 Å². The van der Waals surface area contributed by atoms with Crippen molar-refractivity contribution in [1.29, 1.82) is 0 Å². The Labute approximate surface area is 122 Å². The third-order valence-corrected chi connectivity index (χ3v) is 3.11. The van der Waals surface area contributed by atoms with Crippen LogP contribution in [0, 0.1) is 0 Å². The lowest BCUT2D eigenvalue weighted by Gasteiger charge is -2.06. The number of nitrogens with zero attached hydrogens (tertiary/aromatic N) is 4. The molecule has 0 saturated heterocycles. The first-order valence-corrected chi connectivity index (χ1v) is 6.54. The number of ether oxygens (including phenoxy) is 1. The first kappa shape index (κ1) is 12.7. The lowest BCUT2D eigenvalue weighted by atomic mass is 10.2. The summed E-state index contributed by atoms with van der Waals surface area (Å²) in [7, 11) is 1.32. The first-order chi connectivity index (χ1) is 9.69. The van der Waals surface area contributed by atoms with E-state index in [-0.39, 0.29) is 5.69 Å². The molecule has 0 aromatic carbocycles. The Hall–Kier alpha value is -2.28. The Morgan fingerprint density at radius 2 is 2.20 bits per heavy atom.